The lowest BCUT2D eigenvalue weighted by molar-refractivity contribution is 0.0712. The maximum absolute atomic E-state index is 12.9. The molecule has 136 valence electrons. The zero-order valence-corrected chi connectivity index (χ0v) is 16.1. The van der Waals surface area contributed by atoms with Gasteiger partial charge in [-0.25, -0.2) is 9.97 Å². The highest BCUT2D eigenvalue weighted by atomic mass is 32.1. The number of carbonyl (C=O) groups is 1. The topological polar surface area (TPSA) is 63.4 Å². The Morgan fingerprint density at radius 3 is 2.77 bits per heavy atom. The Balaban J connectivity index is 1.69. The van der Waals surface area contributed by atoms with Crippen molar-refractivity contribution in [1.29, 1.82) is 0 Å². The summed E-state index contributed by atoms with van der Waals surface area (Å²) in [5, 5.41) is 5.67. The number of rotatable bonds is 1. The molecule has 1 aliphatic carbocycles. The van der Waals surface area contributed by atoms with Crippen molar-refractivity contribution in [1.82, 2.24) is 24.5 Å². The van der Waals surface area contributed by atoms with Gasteiger partial charge in [0.25, 0.3) is 5.91 Å². The standard InChI is InChI=1S/C19H23N5OS/c1-11-7-6-8-13-14(11)15-17-21-16(19(25)23-9-4-3-5-10-23)22-24(17)12(2)20-18(15)26-13/h11H,3-10H2,1-2H3. The van der Waals surface area contributed by atoms with Crippen LogP contribution < -0.4 is 0 Å². The first-order valence-electron chi connectivity index (χ1n) is 9.61. The van der Waals surface area contributed by atoms with E-state index in [2.05, 4.69) is 12.0 Å². The summed E-state index contributed by atoms with van der Waals surface area (Å²) in [5.41, 5.74) is 2.19. The molecule has 1 aliphatic heterocycles. The van der Waals surface area contributed by atoms with Crippen LogP contribution in [-0.4, -0.2) is 43.5 Å². The number of thiophene rings is 1. The van der Waals surface area contributed by atoms with Crippen LogP contribution in [0.25, 0.3) is 15.9 Å². The molecule has 0 bridgehead atoms. The van der Waals surface area contributed by atoms with Gasteiger partial charge in [-0.05, 0) is 56.9 Å². The van der Waals surface area contributed by atoms with Gasteiger partial charge in [-0.3, -0.25) is 4.79 Å². The Hall–Kier alpha value is -2.02. The van der Waals surface area contributed by atoms with Gasteiger partial charge in [-0.1, -0.05) is 6.92 Å². The quantitative estimate of drug-likeness (QED) is 0.656. The molecule has 1 fully saturated rings. The highest BCUT2D eigenvalue weighted by molar-refractivity contribution is 7.19. The van der Waals surface area contributed by atoms with E-state index in [-0.39, 0.29) is 5.91 Å². The molecule has 7 heteroatoms. The van der Waals surface area contributed by atoms with Crippen LogP contribution in [0.5, 0.6) is 0 Å². The fourth-order valence-electron chi connectivity index (χ4n) is 4.42. The fraction of sp³-hybridized carbons (Fsp3) is 0.579. The number of hydrogen-bond donors (Lipinski definition) is 0. The van der Waals surface area contributed by atoms with Gasteiger partial charge >= 0.3 is 0 Å². The van der Waals surface area contributed by atoms with Crippen molar-refractivity contribution in [2.45, 2.75) is 58.3 Å². The second kappa shape index (κ2) is 6.01. The van der Waals surface area contributed by atoms with Gasteiger partial charge in [0.2, 0.25) is 5.82 Å². The zero-order valence-electron chi connectivity index (χ0n) is 15.3. The smallest absolute Gasteiger partial charge is 0.293 e. The summed E-state index contributed by atoms with van der Waals surface area (Å²) in [6.07, 6.45) is 6.90. The van der Waals surface area contributed by atoms with Crippen LogP contribution in [0.1, 0.15) is 71.8 Å². The van der Waals surface area contributed by atoms with Crippen molar-refractivity contribution in [2.75, 3.05) is 13.1 Å². The first-order chi connectivity index (χ1) is 12.6. The third-order valence-electron chi connectivity index (χ3n) is 5.77. The molecule has 0 saturated carbocycles. The van der Waals surface area contributed by atoms with Gasteiger partial charge in [-0.15, -0.1) is 16.4 Å². The molecule has 0 aromatic carbocycles. The number of likely N-dealkylation sites (tertiary alicyclic amines) is 1. The van der Waals surface area contributed by atoms with Crippen LogP contribution in [0.4, 0.5) is 0 Å². The summed E-state index contributed by atoms with van der Waals surface area (Å²) >= 11 is 1.79. The number of hydrogen-bond acceptors (Lipinski definition) is 5. The maximum atomic E-state index is 12.9. The van der Waals surface area contributed by atoms with Crippen molar-refractivity contribution in [3.63, 3.8) is 0 Å². The van der Waals surface area contributed by atoms with Crippen molar-refractivity contribution >= 4 is 33.1 Å². The van der Waals surface area contributed by atoms with E-state index in [9.17, 15) is 4.79 Å². The molecule has 1 atom stereocenters. The average molecular weight is 369 g/mol. The van der Waals surface area contributed by atoms with E-state index in [1.807, 2.05) is 11.8 Å². The number of aryl methyl sites for hydroxylation is 2. The van der Waals surface area contributed by atoms with E-state index in [0.717, 1.165) is 54.0 Å². The van der Waals surface area contributed by atoms with Gasteiger partial charge < -0.3 is 4.90 Å². The maximum Gasteiger partial charge on any atom is 0.293 e. The summed E-state index contributed by atoms with van der Waals surface area (Å²) < 4.78 is 1.77. The van der Waals surface area contributed by atoms with Crippen molar-refractivity contribution in [3.05, 3.63) is 22.1 Å². The summed E-state index contributed by atoms with van der Waals surface area (Å²) in [7, 11) is 0. The Labute approximate surface area is 156 Å². The van der Waals surface area contributed by atoms with Gasteiger partial charge in [-0.2, -0.15) is 4.52 Å². The Bertz CT molecular complexity index is 1010. The minimum absolute atomic E-state index is 0.0434. The molecule has 1 amide bonds. The molecule has 1 saturated heterocycles. The van der Waals surface area contributed by atoms with Gasteiger partial charge in [0, 0.05) is 18.0 Å². The molecule has 2 aliphatic rings. The lowest BCUT2D eigenvalue weighted by Crippen LogP contribution is -2.36. The van der Waals surface area contributed by atoms with Crippen LogP contribution >= 0.6 is 11.3 Å². The second-order valence-electron chi connectivity index (χ2n) is 7.60. The Kier molecular flexibility index (Phi) is 3.74. The van der Waals surface area contributed by atoms with Crippen molar-refractivity contribution in [3.8, 4) is 0 Å². The van der Waals surface area contributed by atoms with Crippen molar-refractivity contribution < 1.29 is 4.79 Å². The predicted molar refractivity (Wildman–Crippen MR) is 102 cm³/mol. The summed E-state index contributed by atoms with van der Waals surface area (Å²) in [6, 6.07) is 0. The third-order valence-corrected chi connectivity index (χ3v) is 6.93. The molecule has 4 heterocycles. The van der Waals surface area contributed by atoms with Crippen molar-refractivity contribution in [2.24, 2.45) is 0 Å². The minimum atomic E-state index is -0.0434. The number of carbonyl (C=O) groups excluding carboxylic acids is 1. The molecule has 0 spiro atoms. The number of nitrogens with zero attached hydrogens (tertiary/aromatic N) is 5. The molecular formula is C19H23N5OS. The lowest BCUT2D eigenvalue weighted by atomic mass is 9.87. The first-order valence-corrected chi connectivity index (χ1v) is 10.4. The number of aromatic nitrogens is 4. The Morgan fingerprint density at radius 2 is 1.96 bits per heavy atom. The molecule has 3 aromatic rings. The summed E-state index contributed by atoms with van der Waals surface area (Å²) in [6.45, 7) is 5.85. The number of piperidine rings is 1. The largest absolute Gasteiger partial charge is 0.336 e. The first kappa shape index (κ1) is 16.2. The minimum Gasteiger partial charge on any atom is -0.336 e. The van der Waals surface area contributed by atoms with E-state index < -0.39 is 0 Å². The number of amides is 1. The van der Waals surface area contributed by atoms with Crippen LogP contribution in [0.15, 0.2) is 0 Å². The number of fused-ring (bicyclic) bond motifs is 5. The SMILES string of the molecule is Cc1nc2sc3c(c2c2nc(C(=O)N4CCCCC4)nn12)C(C)CCC3. The molecule has 1 unspecified atom stereocenters. The highest BCUT2D eigenvalue weighted by Gasteiger charge is 2.28. The van der Waals surface area contributed by atoms with Crippen LogP contribution in [0.3, 0.4) is 0 Å². The molecule has 5 rings (SSSR count). The molecule has 6 nitrogen and oxygen atoms in total. The van der Waals surface area contributed by atoms with Crippen LogP contribution in [-0.2, 0) is 6.42 Å². The third kappa shape index (κ3) is 2.36. The Morgan fingerprint density at radius 1 is 1.15 bits per heavy atom. The van der Waals surface area contributed by atoms with E-state index in [4.69, 9.17) is 9.97 Å². The molecule has 0 radical (unpaired) electrons. The van der Waals surface area contributed by atoms with E-state index in [0.29, 0.717) is 11.7 Å². The van der Waals surface area contributed by atoms with Gasteiger partial charge in [0.1, 0.15) is 10.7 Å². The molecule has 3 aromatic heterocycles. The van der Waals surface area contributed by atoms with E-state index in [1.165, 1.54) is 29.7 Å². The molecule has 26 heavy (non-hydrogen) atoms. The van der Waals surface area contributed by atoms with Gasteiger partial charge in [0.05, 0.1) is 5.39 Å². The highest BCUT2D eigenvalue weighted by Crippen LogP contribution is 2.42. The van der Waals surface area contributed by atoms with Gasteiger partial charge in [0.15, 0.2) is 5.65 Å². The van der Waals surface area contributed by atoms with E-state index in [1.54, 1.807) is 15.9 Å². The fourth-order valence-corrected chi connectivity index (χ4v) is 5.79. The summed E-state index contributed by atoms with van der Waals surface area (Å²) in [4.78, 5) is 26.7. The zero-order chi connectivity index (χ0) is 17.8. The van der Waals surface area contributed by atoms with E-state index >= 15 is 0 Å². The monoisotopic (exact) mass is 369 g/mol. The van der Waals surface area contributed by atoms with Crippen LogP contribution in [0.2, 0.25) is 0 Å². The predicted octanol–water partition coefficient (Wildman–Crippen LogP) is 3.71. The van der Waals surface area contributed by atoms with Crippen LogP contribution in [0, 0.1) is 6.92 Å². The lowest BCUT2D eigenvalue weighted by Gasteiger charge is -2.25. The average Bonchev–Trinajstić information content (AvgIpc) is 3.24. The second-order valence-corrected chi connectivity index (χ2v) is 8.68. The molecule has 0 N–H and O–H groups in total. The molecular weight excluding hydrogens is 346 g/mol. The normalized spacial score (nSPS) is 20.7. The summed E-state index contributed by atoms with van der Waals surface area (Å²) in [5.74, 6) is 1.58.